The molecule has 0 aliphatic heterocycles. The van der Waals surface area contributed by atoms with Crippen molar-refractivity contribution in [1.82, 2.24) is 9.97 Å². The fraction of sp³-hybridized carbons (Fsp3) is 0. The molecule has 0 atom stereocenters. The van der Waals surface area contributed by atoms with E-state index >= 15 is 0 Å². The fourth-order valence-corrected chi connectivity index (χ4v) is 0.572. The topological polar surface area (TPSA) is 123 Å². The van der Waals surface area contributed by atoms with Crippen LogP contribution in [-0.4, -0.2) is 4.98 Å². The number of aromatic nitrogens is 2. The van der Waals surface area contributed by atoms with Gasteiger partial charge in [0.1, 0.15) is 18.1 Å². The Labute approximate surface area is 94.9 Å². The summed E-state index contributed by atoms with van der Waals surface area (Å²) in [6, 6.07) is 3.29. The van der Waals surface area contributed by atoms with Crippen molar-refractivity contribution in [2.24, 2.45) is 5.11 Å². The van der Waals surface area contributed by atoms with Crippen molar-refractivity contribution in [2.75, 3.05) is 0 Å². The third-order valence-corrected chi connectivity index (χ3v) is 0.994. The van der Waals surface area contributed by atoms with Crippen LogP contribution in [0.2, 0.25) is 0 Å². The second kappa shape index (κ2) is 5.20. The van der Waals surface area contributed by atoms with Crippen LogP contribution in [0.5, 0.6) is 0 Å². The molecule has 0 N–H and O–H groups in total. The number of azide groups is 1. The molecule has 8 heteroatoms. The van der Waals surface area contributed by atoms with Gasteiger partial charge in [0.2, 0.25) is 0 Å². The van der Waals surface area contributed by atoms with Gasteiger partial charge < -0.3 is 9.97 Å². The van der Waals surface area contributed by atoms with Gasteiger partial charge in [-0.3, -0.25) is 0 Å². The average molecular weight is 181 g/mol. The van der Waals surface area contributed by atoms with Crippen molar-refractivity contribution in [3.8, 4) is 12.1 Å². The van der Waals surface area contributed by atoms with Crippen LogP contribution in [0.4, 0.5) is 5.95 Å². The fourth-order valence-electron chi connectivity index (χ4n) is 0.572. The van der Waals surface area contributed by atoms with Crippen molar-refractivity contribution >= 4 is 5.95 Å². The van der Waals surface area contributed by atoms with Gasteiger partial charge >= 0.3 is 29.6 Å². The van der Waals surface area contributed by atoms with E-state index in [9.17, 15) is 0 Å². The molecule has 0 fully saturated rings. The van der Waals surface area contributed by atoms with E-state index < -0.39 is 0 Å². The first-order valence-electron chi connectivity index (χ1n) is 2.72. The summed E-state index contributed by atoms with van der Waals surface area (Å²) >= 11 is 0. The maximum atomic E-state index is 8.39. The Morgan fingerprint density at radius 1 is 1.46 bits per heavy atom. The van der Waals surface area contributed by atoms with Gasteiger partial charge in [0.25, 0.3) is 0 Å². The van der Waals surface area contributed by atoms with Crippen molar-refractivity contribution in [3.63, 3.8) is 0 Å². The van der Waals surface area contributed by atoms with Crippen molar-refractivity contribution < 1.29 is 29.6 Å². The number of imidazole rings is 1. The zero-order chi connectivity index (χ0) is 8.97. The summed E-state index contributed by atoms with van der Waals surface area (Å²) in [5.74, 6) is -0.203. The quantitative estimate of drug-likeness (QED) is 0.209. The molecule has 0 aliphatic carbocycles. The molecule has 0 aliphatic rings. The molecular weight excluding hydrogens is 181 g/mol. The molecule has 1 aromatic rings. The summed E-state index contributed by atoms with van der Waals surface area (Å²) in [7, 11) is 0. The Kier molecular flexibility index (Phi) is 4.60. The van der Waals surface area contributed by atoms with Gasteiger partial charge in [-0.15, -0.1) is 0 Å². The number of nitriles is 2. The van der Waals surface area contributed by atoms with Crippen LogP contribution >= 0.6 is 0 Å². The Bertz CT molecular complexity index is 395. The van der Waals surface area contributed by atoms with E-state index in [1.165, 1.54) is 0 Å². The van der Waals surface area contributed by atoms with Gasteiger partial charge in [-0.2, -0.15) is 10.5 Å². The predicted octanol–water partition coefficient (Wildman–Crippen LogP) is -2.27. The van der Waals surface area contributed by atoms with Gasteiger partial charge in [0.05, 0.1) is 11.4 Å². The van der Waals surface area contributed by atoms with Crippen LogP contribution in [0.25, 0.3) is 10.4 Å². The van der Waals surface area contributed by atoms with E-state index in [0.717, 1.165) is 0 Å². The minimum absolute atomic E-state index is 0. The van der Waals surface area contributed by atoms with E-state index in [2.05, 4.69) is 20.0 Å². The average Bonchev–Trinajstić information content (AvgIpc) is 2.48. The van der Waals surface area contributed by atoms with Gasteiger partial charge in [-0.1, -0.05) is 0 Å². The molecule has 1 rings (SSSR count). The minimum Gasteiger partial charge on any atom is -0.342 e. The van der Waals surface area contributed by atoms with Crippen LogP contribution < -0.4 is 34.5 Å². The Morgan fingerprint density at radius 3 is 2.54 bits per heavy atom. The summed E-state index contributed by atoms with van der Waals surface area (Å²) in [4.78, 5) is 9.36. The second-order valence-corrected chi connectivity index (χ2v) is 1.63. The van der Waals surface area contributed by atoms with Gasteiger partial charge in [-0.05, 0) is 0 Å². The second-order valence-electron chi connectivity index (χ2n) is 1.63. The summed E-state index contributed by atoms with van der Waals surface area (Å²) in [6.45, 7) is 0. The number of nitrogens with zero attached hydrogens (tertiary/aromatic N) is 7. The van der Waals surface area contributed by atoms with Gasteiger partial charge in [-0.25, -0.2) is 0 Å². The molecule has 7 nitrogen and oxygen atoms in total. The van der Waals surface area contributed by atoms with E-state index in [0.29, 0.717) is 0 Å². The van der Waals surface area contributed by atoms with E-state index in [1.807, 2.05) is 0 Å². The molecule has 0 spiro atoms. The first kappa shape index (κ1) is 11.5. The molecule has 0 saturated carbocycles. The van der Waals surface area contributed by atoms with E-state index in [1.54, 1.807) is 12.1 Å². The molecular formula is C5N7Na. The Hall–Kier alpha value is -1.50. The van der Waals surface area contributed by atoms with E-state index in [-0.39, 0.29) is 46.9 Å². The molecule has 0 saturated heterocycles. The first-order valence-corrected chi connectivity index (χ1v) is 2.72. The maximum absolute atomic E-state index is 8.39. The van der Waals surface area contributed by atoms with Crippen LogP contribution in [0.3, 0.4) is 0 Å². The molecule has 1 heterocycles. The van der Waals surface area contributed by atoms with Crippen molar-refractivity contribution in [2.45, 2.75) is 0 Å². The Morgan fingerprint density at radius 2 is 2.15 bits per heavy atom. The zero-order valence-electron chi connectivity index (χ0n) is 6.63. The molecule has 0 unspecified atom stereocenters. The maximum Gasteiger partial charge on any atom is 1.00 e. The monoisotopic (exact) mass is 181 g/mol. The third kappa shape index (κ3) is 2.48. The van der Waals surface area contributed by atoms with Crippen LogP contribution in [0.15, 0.2) is 5.11 Å². The van der Waals surface area contributed by atoms with Crippen LogP contribution in [-0.2, 0) is 0 Å². The number of rotatable bonds is 1. The normalized spacial score (nSPS) is 7.23. The summed E-state index contributed by atoms with van der Waals surface area (Å²) in [5, 5.41) is 19.8. The predicted molar refractivity (Wildman–Crippen MR) is 35.8 cm³/mol. The van der Waals surface area contributed by atoms with Crippen LogP contribution in [0.1, 0.15) is 11.4 Å². The van der Waals surface area contributed by atoms with Crippen LogP contribution in [0, 0.1) is 22.7 Å². The van der Waals surface area contributed by atoms with Gasteiger partial charge in [0.15, 0.2) is 0 Å². The molecule has 0 aromatic carbocycles. The SMILES string of the molecule is N#Cc1nc(N=[N+]=[N-])[n-]c1C#N.[Na+]. The van der Waals surface area contributed by atoms with Crippen molar-refractivity contribution in [1.29, 1.82) is 10.5 Å². The molecule has 56 valence electrons. The standard InChI is InChI=1S/C5N7.Na/c6-1-3-4(2-7)10-5(9-3)11-12-8;/q-1;+1. The molecule has 0 amide bonds. The third-order valence-electron chi connectivity index (χ3n) is 0.994. The summed E-state index contributed by atoms with van der Waals surface area (Å²) < 4.78 is 0. The largest absolute Gasteiger partial charge is 1.00 e. The minimum atomic E-state index is -0.203. The summed E-state index contributed by atoms with van der Waals surface area (Å²) in [5.41, 5.74) is 7.73. The summed E-state index contributed by atoms with van der Waals surface area (Å²) in [6.07, 6.45) is 0. The molecule has 0 bridgehead atoms. The smallest absolute Gasteiger partial charge is 0.342 e. The van der Waals surface area contributed by atoms with Crippen molar-refractivity contribution in [3.05, 3.63) is 21.8 Å². The first-order chi connectivity index (χ1) is 5.81. The Balaban J connectivity index is 0.00000144. The molecule has 1 aromatic heterocycles. The number of hydrogen-bond donors (Lipinski definition) is 0. The van der Waals surface area contributed by atoms with E-state index in [4.69, 9.17) is 16.1 Å². The molecule has 13 heavy (non-hydrogen) atoms. The molecule has 0 radical (unpaired) electrons. The van der Waals surface area contributed by atoms with Gasteiger partial charge in [0, 0.05) is 15.6 Å². The zero-order valence-corrected chi connectivity index (χ0v) is 8.63. The number of hydrogen-bond acceptors (Lipinski definition) is 4.